The molecule has 2 N–H and O–H groups in total. The Morgan fingerprint density at radius 2 is 1.42 bits per heavy atom. The fraction of sp³-hybridized carbons (Fsp3) is 0. The molecule has 5 rings (SSSR count). The van der Waals surface area contributed by atoms with E-state index in [1.165, 1.54) is 41.3 Å². The second kappa shape index (κ2) is 9.76. The van der Waals surface area contributed by atoms with Crippen LogP contribution in [-0.4, -0.2) is 28.2 Å². The number of benzene rings is 3. The first kappa shape index (κ1) is 22.9. The van der Waals surface area contributed by atoms with Gasteiger partial charge < -0.3 is 0 Å². The van der Waals surface area contributed by atoms with Gasteiger partial charge in [0.2, 0.25) is 5.95 Å². The molecule has 0 atom stereocenters. The summed E-state index contributed by atoms with van der Waals surface area (Å²) in [6, 6.07) is 25.8. The van der Waals surface area contributed by atoms with Gasteiger partial charge in [0.15, 0.2) is 5.69 Å². The van der Waals surface area contributed by atoms with Gasteiger partial charge in [0.1, 0.15) is 0 Å². The largest absolute Gasteiger partial charge is 0.299 e. The summed E-state index contributed by atoms with van der Waals surface area (Å²) in [4.78, 5) is 21.0. The van der Waals surface area contributed by atoms with Crippen LogP contribution in [0.1, 0.15) is 0 Å². The molecule has 0 aliphatic carbocycles. The molecule has 0 radical (unpaired) electrons. The van der Waals surface area contributed by atoms with Gasteiger partial charge in [-0.05, 0) is 42.5 Å². The van der Waals surface area contributed by atoms with Crippen molar-refractivity contribution in [2.75, 3.05) is 4.72 Å². The van der Waals surface area contributed by atoms with Crippen LogP contribution in [0.2, 0.25) is 0 Å². The van der Waals surface area contributed by atoms with Gasteiger partial charge in [-0.25, -0.2) is 27.8 Å². The number of aromatic amines is 1. The number of hydrogen-bond donors (Lipinski definition) is 2. The molecule has 2 aromatic heterocycles. The first-order chi connectivity index (χ1) is 17.5. The molecule has 0 saturated heterocycles. The molecule has 11 heteroatoms. The van der Waals surface area contributed by atoms with E-state index in [0.717, 1.165) is 5.56 Å². The van der Waals surface area contributed by atoms with Crippen molar-refractivity contribution in [3.05, 3.63) is 114 Å². The van der Waals surface area contributed by atoms with Crippen molar-refractivity contribution >= 4 is 27.3 Å². The number of nitrogens with one attached hydrogen (secondary N) is 2. The van der Waals surface area contributed by atoms with Crippen LogP contribution in [0.5, 0.6) is 0 Å². The second-order valence-corrected chi connectivity index (χ2v) is 9.23. The summed E-state index contributed by atoms with van der Waals surface area (Å²) in [5.74, 6) is -0.0307. The average molecular weight is 498 g/mol. The van der Waals surface area contributed by atoms with E-state index in [1.807, 2.05) is 48.5 Å². The SMILES string of the molecule is O=c1c(N=Nc2ccc(S(=O)(=O)Nc3ncccn3)cc2)c(-c2ccccc2)[nH]n1-c1ccccc1. The van der Waals surface area contributed by atoms with E-state index in [1.54, 1.807) is 18.2 Å². The van der Waals surface area contributed by atoms with Crippen molar-refractivity contribution in [1.29, 1.82) is 0 Å². The summed E-state index contributed by atoms with van der Waals surface area (Å²) in [5.41, 5.74) is 2.08. The van der Waals surface area contributed by atoms with Crippen LogP contribution in [0, 0.1) is 0 Å². The zero-order chi connectivity index (χ0) is 25.0. The van der Waals surface area contributed by atoms with E-state index >= 15 is 0 Å². The summed E-state index contributed by atoms with van der Waals surface area (Å²) in [6.45, 7) is 0. The minimum Gasteiger partial charge on any atom is -0.288 e. The fourth-order valence-corrected chi connectivity index (χ4v) is 4.37. The molecule has 0 unspecified atom stereocenters. The van der Waals surface area contributed by atoms with Crippen LogP contribution in [0.4, 0.5) is 17.3 Å². The Morgan fingerprint density at radius 3 is 2.08 bits per heavy atom. The van der Waals surface area contributed by atoms with Gasteiger partial charge in [0, 0.05) is 18.0 Å². The standard InChI is InChI=1S/C25H19N7O3S/c33-24-23(22(18-8-3-1-4-9-18)30-32(24)20-10-5-2-6-11-20)29-28-19-12-14-21(15-13-19)36(34,35)31-25-26-16-7-17-27-25/h1-17,30H,(H,26,27,31). The zero-order valence-corrected chi connectivity index (χ0v) is 19.5. The smallest absolute Gasteiger partial charge is 0.288 e. The van der Waals surface area contributed by atoms with E-state index in [4.69, 9.17) is 0 Å². The van der Waals surface area contributed by atoms with Gasteiger partial charge in [-0.15, -0.1) is 5.11 Å². The van der Waals surface area contributed by atoms with Crippen molar-refractivity contribution in [3.8, 4) is 16.9 Å². The summed E-state index contributed by atoms with van der Waals surface area (Å²) >= 11 is 0. The molecule has 3 aromatic carbocycles. The molecule has 0 amide bonds. The topological polar surface area (TPSA) is 134 Å². The highest BCUT2D eigenvalue weighted by molar-refractivity contribution is 7.92. The van der Waals surface area contributed by atoms with Crippen LogP contribution in [0.25, 0.3) is 16.9 Å². The van der Waals surface area contributed by atoms with Crippen molar-refractivity contribution in [2.45, 2.75) is 4.90 Å². The van der Waals surface area contributed by atoms with E-state index in [-0.39, 0.29) is 22.1 Å². The number of aromatic nitrogens is 4. The summed E-state index contributed by atoms with van der Waals surface area (Å²) in [5, 5.41) is 11.5. The zero-order valence-electron chi connectivity index (χ0n) is 18.7. The van der Waals surface area contributed by atoms with Crippen LogP contribution in [-0.2, 0) is 10.0 Å². The number of sulfonamides is 1. The Bertz CT molecular complexity index is 1670. The Kier molecular flexibility index (Phi) is 6.20. The maximum absolute atomic E-state index is 13.2. The predicted molar refractivity (Wildman–Crippen MR) is 135 cm³/mol. The van der Waals surface area contributed by atoms with Gasteiger partial charge in [-0.3, -0.25) is 9.89 Å². The summed E-state index contributed by atoms with van der Waals surface area (Å²) in [7, 11) is -3.88. The average Bonchev–Trinajstić information content (AvgIpc) is 3.25. The maximum Gasteiger partial charge on any atom is 0.299 e. The number of nitrogens with zero attached hydrogens (tertiary/aromatic N) is 5. The minimum absolute atomic E-state index is 0.00644. The lowest BCUT2D eigenvalue weighted by Crippen LogP contribution is -2.14. The van der Waals surface area contributed by atoms with Crippen molar-refractivity contribution in [1.82, 2.24) is 19.7 Å². The highest BCUT2D eigenvalue weighted by Gasteiger charge is 2.18. The van der Waals surface area contributed by atoms with E-state index in [2.05, 4.69) is 30.0 Å². The number of para-hydroxylation sites is 1. The van der Waals surface area contributed by atoms with Crippen molar-refractivity contribution < 1.29 is 8.42 Å². The van der Waals surface area contributed by atoms with Crippen LogP contribution in [0.3, 0.4) is 0 Å². The molecule has 0 saturated carbocycles. The third-order valence-corrected chi connectivity index (χ3v) is 6.49. The van der Waals surface area contributed by atoms with Crippen LogP contribution < -0.4 is 10.3 Å². The number of H-pyrrole nitrogens is 1. The fourth-order valence-electron chi connectivity index (χ4n) is 3.42. The molecular weight excluding hydrogens is 478 g/mol. The molecule has 0 bridgehead atoms. The number of hydrogen-bond acceptors (Lipinski definition) is 7. The highest BCUT2D eigenvalue weighted by Crippen LogP contribution is 2.28. The van der Waals surface area contributed by atoms with Gasteiger partial charge >= 0.3 is 0 Å². The Hall–Kier alpha value is -4.90. The molecule has 0 fully saturated rings. The third-order valence-electron chi connectivity index (χ3n) is 5.15. The molecule has 0 aliphatic rings. The Morgan fingerprint density at radius 1 is 0.778 bits per heavy atom. The minimum atomic E-state index is -3.88. The van der Waals surface area contributed by atoms with Gasteiger partial charge in [-0.1, -0.05) is 48.5 Å². The summed E-state index contributed by atoms with van der Waals surface area (Å²) in [6.07, 6.45) is 2.87. The number of rotatable bonds is 7. The highest BCUT2D eigenvalue weighted by atomic mass is 32.2. The Labute approximate surface area is 206 Å². The lowest BCUT2D eigenvalue weighted by Gasteiger charge is -2.06. The summed E-state index contributed by atoms with van der Waals surface area (Å²) < 4.78 is 28.9. The molecule has 5 aromatic rings. The van der Waals surface area contributed by atoms with Crippen molar-refractivity contribution in [2.24, 2.45) is 10.2 Å². The van der Waals surface area contributed by atoms with Crippen LogP contribution in [0.15, 0.2) is 123 Å². The van der Waals surface area contributed by atoms with Gasteiger partial charge in [-0.2, -0.15) is 5.11 Å². The Balaban J connectivity index is 1.46. The second-order valence-electron chi connectivity index (χ2n) is 7.55. The molecular formula is C25H19N7O3S. The first-order valence-electron chi connectivity index (χ1n) is 10.8. The van der Waals surface area contributed by atoms with Gasteiger partial charge in [0.05, 0.1) is 22.0 Å². The molecule has 2 heterocycles. The molecule has 0 aliphatic heterocycles. The van der Waals surface area contributed by atoms with Crippen LogP contribution >= 0.6 is 0 Å². The van der Waals surface area contributed by atoms with E-state index in [0.29, 0.717) is 17.1 Å². The molecule has 10 nitrogen and oxygen atoms in total. The van der Waals surface area contributed by atoms with E-state index < -0.39 is 10.0 Å². The lowest BCUT2D eigenvalue weighted by molar-refractivity contribution is 0.601. The molecule has 178 valence electrons. The molecule has 0 spiro atoms. The monoisotopic (exact) mass is 497 g/mol. The lowest BCUT2D eigenvalue weighted by atomic mass is 10.1. The third kappa shape index (κ3) is 4.81. The maximum atomic E-state index is 13.2. The number of azo groups is 1. The first-order valence-corrected chi connectivity index (χ1v) is 12.3. The molecule has 36 heavy (non-hydrogen) atoms. The predicted octanol–water partition coefficient (Wildman–Crippen LogP) is 4.84. The quantitative estimate of drug-likeness (QED) is 0.310. The normalized spacial score (nSPS) is 11.6. The number of anilines is 1. The van der Waals surface area contributed by atoms with Gasteiger partial charge in [0.25, 0.3) is 15.6 Å². The van der Waals surface area contributed by atoms with E-state index in [9.17, 15) is 13.2 Å². The van der Waals surface area contributed by atoms with Crippen molar-refractivity contribution in [3.63, 3.8) is 0 Å².